The van der Waals surface area contributed by atoms with Gasteiger partial charge in [-0.2, -0.15) is 0 Å². The molecule has 0 bridgehead atoms. The van der Waals surface area contributed by atoms with Crippen molar-refractivity contribution in [3.63, 3.8) is 0 Å². The van der Waals surface area contributed by atoms with Crippen LogP contribution in [0.5, 0.6) is 0 Å². The van der Waals surface area contributed by atoms with Gasteiger partial charge in [0.2, 0.25) is 5.91 Å². The summed E-state index contributed by atoms with van der Waals surface area (Å²) in [6.45, 7) is 0. The smallest absolute Gasteiger partial charge is 0.224 e. The van der Waals surface area contributed by atoms with Crippen LogP contribution >= 0.6 is 35.0 Å². The maximum atomic E-state index is 12.8. The molecule has 0 fully saturated rings. The molecule has 22 heavy (non-hydrogen) atoms. The number of nitrogens with one attached hydrogen (secondary N) is 1. The third-order valence-electron chi connectivity index (χ3n) is 2.86. The number of carbonyl (C=O) groups excluding carboxylic acids is 1. The number of hydrogen-bond donors (Lipinski definition) is 1. The minimum Gasteiger partial charge on any atom is -0.325 e. The summed E-state index contributed by atoms with van der Waals surface area (Å²) in [5.41, 5.74) is 0.519. The minimum absolute atomic E-state index is 0.108. The van der Waals surface area contributed by atoms with Crippen LogP contribution in [0.3, 0.4) is 0 Å². The molecule has 0 aliphatic rings. The van der Waals surface area contributed by atoms with E-state index in [-0.39, 0.29) is 11.7 Å². The molecule has 0 saturated carbocycles. The van der Waals surface area contributed by atoms with Crippen molar-refractivity contribution in [2.45, 2.75) is 17.7 Å². The highest BCUT2D eigenvalue weighted by Gasteiger charge is 2.08. The van der Waals surface area contributed by atoms with Crippen molar-refractivity contribution < 1.29 is 9.18 Å². The van der Waals surface area contributed by atoms with Crippen LogP contribution in [0.4, 0.5) is 10.1 Å². The molecule has 0 heterocycles. The van der Waals surface area contributed by atoms with Gasteiger partial charge in [-0.15, -0.1) is 11.8 Å². The molecule has 1 N–H and O–H groups in total. The third kappa shape index (κ3) is 5.20. The average Bonchev–Trinajstić information content (AvgIpc) is 2.50. The van der Waals surface area contributed by atoms with Crippen LogP contribution < -0.4 is 5.32 Å². The number of hydrogen-bond acceptors (Lipinski definition) is 2. The van der Waals surface area contributed by atoms with Crippen LogP contribution in [0.1, 0.15) is 12.8 Å². The Morgan fingerprint density at radius 1 is 1.14 bits per heavy atom. The highest BCUT2D eigenvalue weighted by molar-refractivity contribution is 7.99. The summed E-state index contributed by atoms with van der Waals surface area (Å²) in [7, 11) is 0. The Hall–Kier alpha value is -1.23. The standard InChI is InChI=1S/C16H14Cl2FNOS/c17-13-3-1-4-14(16(13)18)20-15(21)5-2-10-22-12-8-6-11(19)7-9-12/h1,3-4,6-9H,2,5,10H2,(H,20,21). The van der Waals surface area contributed by atoms with E-state index in [1.807, 2.05) is 0 Å². The van der Waals surface area contributed by atoms with E-state index in [0.29, 0.717) is 28.6 Å². The molecular formula is C16H14Cl2FNOS. The van der Waals surface area contributed by atoms with Gasteiger partial charge in [-0.3, -0.25) is 4.79 Å². The molecule has 2 aromatic rings. The number of thioether (sulfide) groups is 1. The van der Waals surface area contributed by atoms with Gasteiger partial charge in [0.05, 0.1) is 15.7 Å². The maximum absolute atomic E-state index is 12.8. The van der Waals surface area contributed by atoms with E-state index in [2.05, 4.69) is 5.32 Å². The van der Waals surface area contributed by atoms with E-state index >= 15 is 0 Å². The van der Waals surface area contributed by atoms with Crippen LogP contribution in [0, 0.1) is 5.82 Å². The van der Waals surface area contributed by atoms with Crippen LogP contribution in [-0.4, -0.2) is 11.7 Å². The zero-order valence-electron chi connectivity index (χ0n) is 11.6. The van der Waals surface area contributed by atoms with E-state index < -0.39 is 0 Å². The zero-order valence-corrected chi connectivity index (χ0v) is 13.9. The Bertz CT molecular complexity index is 649. The molecule has 0 atom stereocenters. The van der Waals surface area contributed by atoms with Crippen LogP contribution in [0.25, 0.3) is 0 Å². The molecule has 0 aliphatic heterocycles. The van der Waals surface area contributed by atoms with Crippen molar-refractivity contribution in [3.05, 3.63) is 58.3 Å². The Kier molecular flexibility index (Phi) is 6.55. The lowest BCUT2D eigenvalue weighted by atomic mass is 10.3. The van der Waals surface area contributed by atoms with Gasteiger partial charge in [-0.25, -0.2) is 4.39 Å². The second kappa shape index (κ2) is 8.42. The van der Waals surface area contributed by atoms with Crippen molar-refractivity contribution >= 4 is 46.6 Å². The molecule has 0 unspecified atom stereocenters. The number of anilines is 1. The first-order valence-electron chi connectivity index (χ1n) is 6.68. The van der Waals surface area contributed by atoms with Crippen LogP contribution in [-0.2, 0) is 4.79 Å². The topological polar surface area (TPSA) is 29.1 Å². The van der Waals surface area contributed by atoms with Gasteiger partial charge in [-0.1, -0.05) is 29.3 Å². The van der Waals surface area contributed by atoms with Gasteiger partial charge in [-0.05, 0) is 48.6 Å². The molecular weight excluding hydrogens is 344 g/mol. The van der Waals surface area contributed by atoms with Crippen molar-refractivity contribution in [1.29, 1.82) is 0 Å². The maximum Gasteiger partial charge on any atom is 0.224 e. The van der Waals surface area contributed by atoms with Gasteiger partial charge < -0.3 is 5.32 Å². The van der Waals surface area contributed by atoms with Gasteiger partial charge in [0.15, 0.2) is 0 Å². The SMILES string of the molecule is O=C(CCCSc1ccc(F)cc1)Nc1cccc(Cl)c1Cl. The van der Waals surface area contributed by atoms with Gasteiger partial charge >= 0.3 is 0 Å². The van der Waals surface area contributed by atoms with Gasteiger partial charge in [0.1, 0.15) is 5.82 Å². The molecule has 0 radical (unpaired) electrons. The predicted octanol–water partition coefficient (Wildman–Crippen LogP) is 5.64. The molecule has 0 aromatic heterocycles. The molecule has 2 nitrogen and oxygen atoms in total. The van der Waals surface area contributed by atoms with Gasteiger partial charge in [0, 0.05) is 11.3 Å². The monoisotopic (exact) mass is 357 g/mol. The lowest BCUT2D eigenvalue weighted by Gasteiger charge is -2.08. The molecule has 0 aliphatic carbocycles. The molecule has 116 valence electrons. The normalized spacial score (nSPS) is 10.5. The average molecular weight is 358 g/mol. The summed E-state index contributed by atoms with van der Waals surface area (Å²) in [6.07, 6.45) is 1.10. The zero-order chi connectivity index (χ0) is 15.9. The quantitative estimate of drug-likeness (QED) is 0.535. The summed E-state index contributed by atoms with van der Waals surface area (Å²) in [6, 6.07) is 11.4. The van der Waals surface area contributed by atoms with E-state index in [9.17, 15) is 9.18 Å². The molecule has 0 saturated heterocycles. The number of carbonyl (C=O) groups is 1. The number of benzene rings is 2. The lowest BCUT2D eigenvalue weighted by Crippen LogP contribution is -2.11. The van der Waals surface area contributed by atoms with Crippen molar-refractivity contribution in [1.82, 2.24) is 0 Å². The second-order valence-electron chi connectivity index (χ2n) is 4.56. The summed E-state index contributed by atoms with van der Waals surface area (Å²) in [4.78, 5) is 12.8. The summed E-state index contributed by atoms with van der Waals surface area (Å²) >= 11 is 13.5. The van der Waals surface area contributed by atoms with E-state index in [1.54, 1.807) is 42.1 Å². The number of amides is 1. The Balaban J connectivity index is 1.74. The van der Waals surface area contributed by atoms with Crippen LogP contribution in [0.2, 0.25) is 10.0 Å². The fraction of sp³-hybridized carbons (Fsp3) is 0.188. The minimum atomic E-state index is -0.248. The lowest BCUT2D eigenvalue weighted by molar-refractivity contribution is -0.116. The number of rotatable bonds is 6. The van der Waals surface area contributed by atoms with Crippen LogP contribution in [0.15, 0.2) is 47.4 Å². The number of halogens is 3. The van der Waals surface area contributed by atoms with E-state index in [4.69, 9.17) is 23.2 Å². The first kappa shape index (κ1) is 17.1. The predicted molar refractivity (Wildman–Crippen MR) is 91.4 cm³/mol. The van der Waals surface area contributed by atoms with E-state index in [1.165, 1.54) is 12.1 Å². The Morgan fingerprint density at radius 3 is 2.59 bits per heavy atom. The first-order chi connectivity index (χ1) is 10.6. The Labute approximate surface area is 143 Å². The van der Waals surface area contributed by atoms with Crippen molar-refractivity contribution in [2.75, 3.05) is 11.1 Å². The molecule has 2 rings (SSSR count). The molecule has 0 spiro atoms. The largest absolute Gasteiger partial charge is 0.325 e. The highest BCUT2D eigenvalue weighted by atomic mass is 35.5. The first-order valence-corrected chi connectivity index (χ1v) is 8.42. The molecule has 6 heteroatoms. The van der Waals surface area contributed by atoms with Gasteiger partial charge in [0.25, 0.3) is 0 Å². The third-order valence-corrected chi connectivity index (χ3v) is 4.77. The van der Waals surface area contributed by atoms with E-state index in [0.717, 1.165) is 10.6 Å². The fourth-order valence-corrected chi connectivity index (χ4v) is 2.97. The second-order valence-corrected chi connectivity index (χ2v) is 6.51. The summed E-state index contributed by atoms with van der Waals surface area (Å²) in [5.74, 6) is 0.425. The Morgan fingerprint density at radius 2 is 1.86 bits per heavy atom. The highest BCUT2D eigenvalue weighted by Crippen LogP contribution is 2.29. The molecule has 1 amide bonds. The molecule has 2 aromatic carbocycles. The van der Waals surface area contributed by atoms with Crippen molar-refractivity contribution in [3.8, 4) is 0 Å². The summed E-state index contributed by atoms with van der Waals surface area (Å²) in [5, 5.41) is 3.50. The van der Waals surface area contributed by atoms with Crippen molar-refractivity contribution in [2.24, 2.45) is 0 Å². The fourth-order valence-electron chi connectivity index (χ4n) is 1.77. The summed E-state index contributed by atoms with van der Waals surface area (Å²) < 4.78 is 12.8.